The first-order valence-electron chi connectivity index (χ1n) is 11.0. The third-order valence-corrected chi connectivity index (χ3v) is 5.64. The van der Waals surface area contributed by atoms with Crippen LogP contribution < -0.4 is 20.7 Å². The predicted octanol–water partition coefficient (Wildman–Crippen LogP) is 2.49. The molecule has 3 aromatic rings. The number of nitrogens with one attached hydrogen (secondary N) is 3. The summed E-state index contributed by atoms with van der Waals surface area (Å²) in [5.74, 6) is 0.801. The number of nitrogens with zero attached hydrogens (tertiary/aromatic N) is 6. The summed E-state index contributed by atoms with van der Waals surface area (Å²) < 4.78 is 7.39. The van der Waals surface area contributed by atoms with Crippen molar-refractivity contribution in [2.24, 2.45) is 0 Å². The van der Waals surface area contributed by atoms with E-state index in [1.54, 1.807) is 35.2 Å². The second-order valence-electron chi connectivity index (χ2n) is 7.77. The molecule has 0 aliphatic carbocycles. The molecule has 1 aliphatic rings. The molecule has 1 aliphatic heterocycles. The topological polar surface area (TPSA) is 139 Å². The van der Waals surface area contributed by atoms with Crippen LogP contribution in [0.3, 0.4) is 0 Å². The zero-order valence-corrected chi connectivity index (χ0v) is 19.5. The number of anilines is 3. The molecule has 3 heterocycles. The van der Waals surface area contributed by atoms with E-state index in [4.69, 9.17) is 4.74 Å². The molecule has 0 saturated carbocycles. The van der Waals surface area contributed by atoms with Gasteiger partial charge in [-0.3, -0.25) is 14.8 Å². The molecule has 0 bridgehead atoms. The first-order valence-corrected chi connectivity index (χ1v) is 11.0. The maximum absolute atomic E-state index is 12.5. The number of aryl methyl sites for hydroxylation is 1. The quantitative estimate of drug-likeness (QED) is 0.484. The fourth-order valence-electron chi connectivity index (χ4n) is 3.58. The van der Waals surface area contributed by atoms with Crippen LogP contribution in [0.1, 0.15) is 30.8 Å². The molecule has 1 unspecified atom stereocenters. The highest BCUT2D eigenvalue weighted by Gasteiger charge is 2.29. The molecular weight excluding hydrogens is 438 g/mol. The minimum absolute atomic E-state index is 0.0682. The molecule has 2 aromatic heterocycles. The zero-order chi connectivity index (χ0) is 24.2. The molecule has 1 aromatic carbocycles. The lowest BCUT2D eigenvalue weighted by Crippen LogP contribution is -2.51. The number of methoxy groups -OCH3 is 1. The van der Waals surface area contributed by atoms with Crippen LogP contribution in [0, 0.1) is 0 Å². The highest BCUT2D eigenvalue weighted by atomic mass is 16.5. The van der Waals surface area contributed by atoms with E-state index in [1.807, 2.05) is 26.0 Å². The first-order chi connectivity index (χ1) is 16.4. The molecule has 0 radical (unpaired) electrons. The van der Waals surface area contributed by atoms with E-state index in [2.05, 4.69) is 36.2 Å². The monoisotopic (exact) mass is 465 g/mol. The van der Waals surface area contributed by atoms with Gasteiger partial charge in [-0.15, -0.1) is 10.2 Å². The number of likely N-dealkylation sites (tertiary alicyclic amines) is 1. The van der Waals surface area contributed by atoms with Crippen LogP contribution in [0.2, 0.25) is 0 Å². The average molecular weight is 466 g/mol. The fourth-order valence-corrected chi connectivity index (χ4v) is 3.58. The number of carbonyl (C=O) groups excluding carboxylic acids is 2. The van der Waals surface area contributed by atoms with Crippen LogP contribution in [-0.4, -0.2) is 68.5 Å². The van der Waals surface area contributed by atoms with Gasteiger partial charge in [0.2, 0.25) is 0 Å². The van der Waals surface area contributed by atoms with Crippen molar-refractivity contribution in [3.63, 3.8) is 0 Å². The van der Waals surface area contributed by atoms with Gasteiger partial charge < -0.3 is 20.3 Å². The van der Waals surface area contributed by atoms with Crippen molar-refractivity contribution in [2.45, 2.75) is 32.9 Å². The number of ether oxygens (including phenoxy) is 1. The minimum atomic E-state index is -0.428. The standard InChI is InChI=1S/C22H27N9O3/c1-5-30-12-24-20(29-30)14-7-6-8-15(19(14)34-4)25-16-11-17(27-28-18(16)21(32)23-3)26-22(33)31-10-9-13(31)2/h6-8,11-13H,5,9-10H2,1-4H3,(H,23,32)(H2,25,26,27,33). The third kappa shape index (κ3) is 4.47. The molecule has 0 spiro atoms. The normalized spacial score (nSPS) is 14.8. The van der Waals surface area contributed by atoms with E-state index in [0.29, 0.717) is 41.6 Å². The predicted molar refractivity (Wildman–Crippen MR) is 126 cm³/mol. The highest BCUT2D eigenvalue weighted by molar-refractivity contribution is 5.99. The number of carbonyl (C=O) groups is 2. The summed E-state index contributed by atoms with van der Waals surface area (Å²) in [5, 5.41) is 21.0. The van der Waals surface area contributed by atoms with Gasteiger partial charge in [0.15, 0.2) is 23.1 Å². The summed E-state index contributed by atoms with van der Waals surface area (Å²) in [6.07, 6.45) is 2.61. The number of hydrogen-bond donors (Lipinski definition) is 3. The Morgan fingerprint density at radius 2 is 2.06 bits per heavy atom. The Hall–Kier alpha value is -4.22. The SMILES string of the molecule is CCn1cnc(-c2cccc(Nc3cc(NC(=O)N4CCC4C)nnc3C(=O)NC)c2OC)n1. The van der Waals surface area contributed by atoms with Crippen molar-refractivity contribution in [1.82, 2.24) is 35.2 Å². The number of para-hydroxylation sites is 1. The molecule has 3 N–H and O–H groups in total. The minimum Gasteiger partial charge on any atom is -0.494 e. The van der Waals surface area contributed by atoms with Crippen LogP contribution in [0.5, 0.6) is 5.75 Å². The smallest absolute Gasteiger partial charge is 0.323 e. The van der Waals surface area contributed by atoms with Gasteiger partial charge >= 0.3 is 6.03 Å². The molecule has 34 heavy (non-hydrogen) atoms. The Bertz CT molecular complexity index is 1210. The Balaban J connectivity index is 1.68. The number of benzene rings is 1. The van der Waals surface area contributed by atoms with E-state index in [9.17, 15) is 9.59 Å². The number of aromatic nitrogens is 5. The van der Waals surface area contributed by atoms with Crippen molar-refractivity contribution in [1.29, 1.82) is 0 Å². The van der Waals surface area contributed by atoms with Gasteiger partial charge in [-0.2, -0.15) is 5.10 Å². The van der Waals surface area contributed by atoms with Crippen LogP contribution in [0.15, 0.2) is 30.6 Å². The Labute approximate surface area is 196 Å². The molecule has 12 nitrogen and oxygen atoms in total. The van der Waals surface area contributed by atoms with Gasteiger partial charge in [0.05, 0.1) is 24.0 Å². The maximum atomic E-state index is 12.5. The number of hydrogen-bond acceptors (Lipinski definition) is 8. The summed E-state index contributed by atoms with van der Waals surface area (Å²) in [6, 6.07) is 6.96. The lowest BCUT2D eigenvalue weighted by Gasteiger charge is -2.38. The lowest BCUT2D eigenvalue weighted by molar-refractivity contribution is 0.0958. The molecule has 178 valence electrons. The van der Waals surface area contributed by atoms with Crippen LogP contribution in [-0.2, 0) is 6.54 Å². The van der Waals surface area contributed by atoms with Gasteiger partial charge in [0.1, 0.15) is 6.33 Å². The fraction of sp³-hybridized carbons (Fsp3) is 0.364. The van der Waals surface area contributed by atoms with Crippen molar-refractivity contribution in [3.05, 3.63) is 36.3 Å². The molecule has 1 saturated heterocycles. The van der Waals surface area contributed by atoms with Crippen LogP contribution in [0.25, 0.3) is 11.4 Å². The van der Waals surface area contributed by atoms with Gasteiger partial charge in [-0.25, -0.2) is 9.78 Å². The van der Waals surface area contributed by atoms with Crippen LogP contribution >= 0.6 is 0 Å². The van der Waals surface area contributed by atoms with Gasteiger partial charge in [0, 0.05) is 32.2 Å². The number of rotatable bonds is 7. The number of amides is 3. The Kier molecular flexibility index (Phi) is 6.57. The van der Waals surface area contributed by atoms with Crippen molar-refractivity contribution < 1.29 is 14.3 Å². The maximum Gasteiger partial charge on any atom is 0.323 e. The Morgan fingerprint density at radius 1 is 1.24 bits per heavy atom. The summed E-state index contributed by atoms with van der Waals surface area (Å²) in [6.45, 7) is 5.33. The molecular formula is C22H27N9O3. The second kappa shape index (κ2) is 9.73. The molecule has 1 atom stereocenters. The molecule has 3 amide bonds. The van der Waals surface area contributed by atoms with Crippen molar-refractivity contribution >= 4 is 29.1 Å². The van der Waals surface area contributed by atoms with Gasteiger partial charge in [-0.05, 0) is 32.4 Å². The summed E-state index contributed by atoms with van der Waals surface area (Å²) in [7, 11) is 3.05. The summed E-state index contributed by atoms with van der Waals surface area (Å²) in [4.78, 5) is 31.0. The summed E-state index contributed by atoms with van der Waals surface area (Å²) in [5.41, 5.74) is 1.67. The van der Waals surface area contributed by atoms with Crippen molar-refractivity contribution in [2.75, 3.05) is 31.3 Å². The van der Waals surface area contributed by atoms with Crippen molar-refractivity contribution in [3.8, 4) is 17.1 Å². The second-order valence-corrected chi connectivity index (χ2v) is 7.77. The van der Waals surface area contributed by atoms with Crippen LogP contribution in [0.4, 0.5) is 22.0 Å². The molecule has 4 rings (SSSR count). The van der Waals surface area contributed by atoms with E-state index < -0.39 is 5.91 Å². The number of urea groups is 1. The molecule has 1 fully saturated rings. The third-order valence-electron chi connectivity index (χ3n) is 5.64. The van der Waals surface area contributed by atoms with E-state index >= 15 is 0 Å². The van der Waals surface area contributed by atoms with E-state index in [-0.39, 0.29) is 23.6 Å². The van der Waals surface area contributed by atoms with E-state index in [1.165, 1.54) is 7.05 Å². The zero-order valence-electron chi connectivity index (χ0n) is 19.5. The first kappa shape index (κ1) is 23.0. The Morgan fingerprint density at radius 3 is 2.68 bits per heavy atom. The lowest BCUT2D eigenvalue weighted by atomic mass is 10.1. The van der Waals surface area contributed by atoms with Gasteiger partial charge in [0.25, 0.3) is 5.91 Å². The highest BCUT2D eigenvalue weighted by Crippen LogP contribution is 2.37. The average Bonchev–Trinajstić information content (AvgIpc) is 3.32. The van der Waals surface area contributed by atoms with Gasteiger partial charge in [-0.1, -0.05) is 6.07 Å². The summed E-state index contributed by atoms with van der Waals surface area (Å²) >= 11 is 0. The molecule has 12 heteroatoms. The largest absolute Gasteiger partial charge is 0.494 e. The van der Waals surface area contributed by atoms with E-state index in [0.717, 1.165) is 6.42 Å².